The van der Waals surface area contributed by atoms with Crippen LogP contribution in [0.1, 0.15) is 39.9 Å². The highest BCUT2D eigenvalue weighted by molar-refractivity contribution is 6.09. The van der Waals surface area contributed by atoms with E-state index < -0.39 is 11.9 Å². The molecule has 2 fully saturated rings. The van der Waals surface area contributed by atoms with Crippen LogP contribution >= 0.6 is 0 Å². The number of morpholine rings is 2. The van der Waals surface area contributed by atoms with Gasteiger partial charge in [0.15, 0.2) is 5.78 Å². The third-order valence-corrected chi connectivity index (χ3v) is 6.00. The molecule has 2 saturated heterocycles. The average molecular weight is 499 g/mol. The molecule has 0 bridgehead atoms. The van der Waals surface area contributed by atoms with Crippen molar-refractivity contribution < 1.29 is 34.1 Å². The fourth-order valence-corrected chi connectivity index (χ4v) is 3.94. The fraction of sp³-hybridized carbons (Fsp3) is 0.444. The quantitative estimate of drug-likeness (QED) is 0.503. The van der Waals surface area contributed by atoms with Gasteiger partial charge in [0.2, 0.25) is 0 Å². The number of carbonyl (C=O) groups excluding carboxylic acids is 1. The molecule has 0 spiro atoms. The van der Waals surface area contributed by atoms with Gasteiger partial charge in [-0.15, -0.1) is 0 Å². The van der Waals surface area contributed by atoms with Crippen LogP contribution < -0.4 is 0 Å². The van der Waals surface area contributed by atoms with Crippen molar-refractivity contribution >= 4 is 17.7 Å². The number of hydrogen-bond donors (Lipinski definition) is 2. The van der Waals surface area contributed by atoms with Gasteiger partial charge in [0.05, 0.1) is 39.3 Å². The van der Waals surface area contributed by atoms with Crippen molar-refractivity contribution in [1.29, 1.82) is 0 Å². The van der Waals surface area contributed by atoms with E-state index in [0.717, 1.165) is 76.8 Å². The molecular formula is C27H34N2O7. The molecule has 0 radical (unpaired) electrons. The van der Waals surface area contributed by atoms with E-state index in [2.05, 4.69) is 34.1 Å². The zero-order valence-corrected chi connectivity index (χ0v) is 20.4. The highest BCUT2D eigenvalue weighted by atomic mass is 16.5. The smallest absolute Gasteiger partial charge is 0.303 e. The lowest BCUT2D eigenvalue weighted by molar-refractivity contribution is -0.143. The Balaban J connectivity index is 0.000000392. The van der Waals surface area contributed by atoms with Crippen LogP contribution in [-0.4, -0.2) is 90.3 Å². The van der Waals surface area contributed by atoms with Gasteiger partial charge in [0.25, 0.3) is 0 Å². The van der Waals surface area contributed by atoms with E-state index in [-0.39, 0.29) is 18.6 Å². The Morgan fingerprint density at radius 1 is 0.611 bits per heavy atom. The lowest BCUT2D eigenvalue weighted by Crippen LogP contribution is -2.35. The maximum absolute atomic E-state index is 12.8. The molecule has 0 aliphatic carbocycles. The molecule has 0 saturated carbocycles. The SMILES string of the molecule is O=C(O)CCC(=O)O.O=C(c1ccc(CN2CCOCC2)cc1)c1ccc(CN2CCOCC2)cc1. The van der Waals surface area contributed by atoms with Gasteiger partial charge in [0, 0.05) is 50.4 Å². The van der Waals surface area contributed by atoms with Gasteiger partial charge < -0.3 is 19.7 Å². The van der Waals surface area contributed by atoms with Crippen molar-refractivity contribution in [2.75, 3.05) is 52.6 Å². The summed E-state index contributed by atoms with van der Waals surface area (Å²) in [7, 11) is 0. The summed E-state index contributed by atoms with van der Waals surface area (Å²) in [6.07, 6.45) is -0.593. The molecule has 2 aromatic carbocycles. The number of rotatable bonds is 9. The molecule has 0 unspecified atom stereocenters. The van der Waals surface area contributed by atoms with Gasteiger partial charge in [-0.1, -0.05) is 48.5 Å². The van der Waals surface area contributed by atoms with Crippen molar-refractivity contribution in [2.45, 2.75) is 25.9 Å². The normalized spacial score (nSPS) is 16.6. The third kappa shape index (κ3) is 9.50. The van der Waals surface area contributed by atoms with E-state index in [0.29, 0.717) is 0 Å². The topological polar surface area (TPSA) is 117 Å². The molecule has 0 atom stereocenters. The molecule has 9 nitrogen and oxygen atoms in total. The first kappa shape index (κ1) is 27.5. The molecule has 2 aromatic rings. The van der Waals surface area contributed by atoms with Crippen LogP contribution in [0.5, 0.6) is 0 Å². The number of benzene rings is 2. The van der Waals surface area contributed by atoms with Crippen LogP contribution in [0.15, 0.2) is 48.5 Å². The van der Waals surface area contributed by atoms with Crippen molar-refractivity contribution in [3.05, 3.63) is 70.8 Å². The van der Waals surface area contributed by atoms with Crippen LogP contribution in [0, 0.1) is 0 Å². The number of aliphatic carboxylic acids is 2. The van der Waals surface area contributed by atoms with Gasteiger partial charge in [-0.25, -0.2) is 0 Å². The molecule has 4 rings (SSSR count). The summed E-state index contributed by atoms with van der Waals surface area (Å²) in [6, 6.07) is 16.0. The Morgan fingerprint density at radius 2 is 0.944 bits per heavy atom. The molecule has 2 aliphatic heterocycles. The first-order chi connectivity index (χ1) is 17.4. The molecule has 2 aliphatic rings. The van der Waals surface area contributed by atoms with Crippen LogP contribution in [0.4, 0.5) is 0 Å². The summed E-state index contributed by atoms with van der Waals surface area (Å²) in [5, 5.41) is 15.8. The van der Waals surface area contributed by atoms with Crippen molar-refractivity contribution in [3.63, 3.8) is 0 Å². The highest BCUT2D eigenvalue weighted by Crippen LogP contribution is 2.15. The molecule has 194 valence electrons. The van der Waals surface area contributed by atoms with E-state index in [1.165, 1.54) is 11.1 Å². The Kier molecular flexibility index (Phi) is 11.0. The van der Waals surface area contributed by atoms with Crippen LogP contribution in [0.3, 0.4) is 0 Å². The number of carbonyl (C=O) groups is 3. The summed E-state index contributed by atoms with van der Waals surface area (Å²) in [5.74, 6) is -2.07. The van der Waals surface area contributed by atoms with Gasteiger partial charge in [-0.3, -0.25) is 24.2 Å². The maximum Gasteiger partial charge on any atom is 0.303 e. The summed E-state index contributed by atoms with van der Waals surface area (Å²) in [5.41, 5.74) is 3.96. The average Bonchev–Trinajstić information content (AvgIpc) is 2.90. The summed E-state index contributed by atoms with van der Waals surface area (Å²) in [4.78, 5) is 36.8. The van der Waals surface area contributed by atoms with Crippen LogP contribution in [0.25, 0.3) is 0 Å². The molecule has 9 heteroatoms. The second kappa shape index (κ2) is 14.4. The van der Waals surface area contributed by atoms with Crippen molar-refractivity contribution in [2.24, 2.45) is 0 Å². The van der Waals surface area contributed by atoms with Gasteiger partial charge in [0.1, 0.15) is 0 Å². The zero-order chi connectivity index (χ0) is 25.8. The minimum Gasteiger partial charge on any atom is -0.481 e. The lowest BCUT2D eigenvalue weighted by atomic mass is 10.0. The maximum atomic E-state index is 12.8. The monoisotopic (exact) mass is 498 g/mol. The Bertz CT molecular complexity index is 901. The molecule has 0 amide bonds. The Hall–Kier alpha value is -3.11. The van der Waals surface area contributed by atoms with E-state index in [1.54, 1.807) is 0 Å². The van der Waals surface area contributed by atoms with E-state index in [4.69, 9.17) is 19.7 Å². The number of hydrogen-bond acceptors (Lipinski definition) is 7. The Labute approximate surface area is 211 Å². The number of ether oxygens (including phenoxy) is 2. The highest BCUT2D eigenvalue weighted by Gasteiger charge is 2.14. The van der Waals surface area contributed by atoms with Crippen molar-refractivity contribution in [3.8, 4) is 0 Å². The molecule has 36 heavy (non-hydrogen) atoms. The minimum absolute atomic E-state index is 0.0795. The van der Waals surface area contributed by atoms with Crippen LogP contribution in [-0.2, 0) is 32.2 Å². The summed E-state index contributed by atoms with van der Waals surface area (Å²) < 4.78 is 10.8. The number of carboxylic acid groups (broad SMARTS) is 2. The van der Waals surface area contributed by atoms with Gasteiger partial charge in [-0.2, -0.15) is 0 Å². The predicted molar refractivity (Wildman–Crippen MR) is 133 cm³/mol. The molecule has 2 N–H and O–H groups in total. The second-order valence-electron chi connectivity index (χ2n) is 8.79. The molecular weight excluding hydrogens is 464 g/mol. The third-order valence-electron chi connectivity index (χ3n) is 6.00. The first-order valence-corrected chi connectivity index (χ1v) is 12.2. The zero-order valence-electron chi connectivity index (χ0n) is 20.4. The molecule has 2 heterocycles. The molecule has 0 aromatic heterocycles. The minimum atomic E-state index is -1.08. The lowest BCUT2D eigenvalue weighted by Gasteiger charge is -2.26. The Morgan fingerprint density at radius 3 is 1.25 bits per heavy atom. The van der Waals surface area contributed by atoms with E-state index in [1.807, 2.05) is 24.3 Å². The number of ketones is 1. The standard InChI is InChI=1S/C23H28N2O3.C4H6O4/c26-23(21-5-1-19(2-6-21)17-24-9-13-27-14-10-24)22-7-3-20(4-8-22)18-25-11-15-28-16-12-25;5-3(6)1-2-4(7)8/h1-8H,9-18H2;1-2H2,(H,5,6)(H,7,8). The van der Waals surface area contributed by atoms with E-state index in [9.17, 15) is 14.4 Å². The summed E-state index contributed by atoms with van der Waals surface area (Å²) in [6.45, 7) is 8.92. The van der Waals surface area contributed by atoms with Gasteiger partial charge >= 0.3 is 11.9 Å². The van der Waals surface area contributed by atoms with Gasteiger partial charge in [-0.05, 0) is 11.1 Å². The fourth-order valence-electron chi connectivity index (χ4n) is 3.94. The number of carboxylic acids is 2. The van der Waals surface area contributed by atoms with Crippen LogP contribution in [0.2, 0.25) is 0 Å². The van der Waals surface area contributed by atoms with E-state index >= 15 is 0 Å². The number of nitrogens with zero attached hydrogens (tertiary/aromatic N) is 2. The summed E-state index contributed by atoms with van der Waals surface area (Å²) >= 11 is 0. The second-order valence-corrected chi connectivity index (χ2v) is 8.79. The predicted octanol–water partition coefficient (Wildman–Crippen LogP) is 2.52. The van der Waals surface area contributed by atoms with Crippen molar-refractivity contribution in [1.82, 2.24) is 9.80 Å². The largest absolute Gasteiger partial charge is 0.481 e. The first-order valence-electron chi connectivity index (χ1n) is 12.2.